The molecule has 10 heteroatoms. The average molecular weight is 452 g/mol. The van der Waals surface area contributed by atoms with Crippen LogP contribution in [0.25, 0.3) is 28.5 Å². The van der Waals surface area contributed by atoms with Gasteiger partial charge in [-0.05, 0) is 32.0 Å². The molecule has 0 fully saturated rings. The topological polar surface area (TPSA) is 94.9 Å². The van der Waals surface area contributed by atoms with Crippen LogP contribution >= 0.6 is 11.6 Å². The summed E-state index contributed by atoms with van der Waals surface area (Å²) in [4.78, 5) is 22.7. The maximum atomic E-state index is 11.9. The van der Waals surface area contributed by atoms with Gasteiger partial charge in [0.2, 0.25) is 5.91 Å². The SMILES string of the molecule is CC(=O)N(Cc1noc(-c2ncn3c2Cc2cn(C)nc2-c2cc(Cl)ccc2-3)n1)C(C)C. The number of carbonyl (C=O) groups excluding carboxylic acids is 1. The van der Waals surface area contributed by atoms with Gasteiger partial charge in [-0.15, -0.1) is 0 Å². The van der Waals surface area contributed by atoms with Crippen molar-refractivity contribution in [2.75, 3.05) is 0 Å². The van der Waals surface area contributed by atoms with E-state index in [-0.39, 0.29) is 18.5 Å². The van der Waals surface area contributed by atoms with Gasteiger partial charge in [-0.1, -0.05) is 16.8 Å². The predicted molar refractivity (Wildman–Crippen MR) is 118 cm³/mol. The maximum absolute atomic E-state index is 11.9. The Balaban J connectivity index is 1.58. The number of carbonyl (C=O) groups is 1. The number of benzene rings is 1. The summed E-state index contributed by atoms with van der Waals surface area (Å²) < 4.78 is 9.38. The Bertz CT molecular complexity index is 1330. The molecule has 32 heavy (non-hydrogen) atoms. The van der Waals surface area contributed by atoms with E-state index in [4.69, 9.17) is 16.1 Å². The number of rotatable bonds is 4. The summed E-state index contributed by atoms with van der Waals surface area (Å²) in [6.07, 6.45) is 4.34. The number of aromatic nitrogens is 6. The zero-order chi connectivity index (χ0) is 22.6. The lowest BCUT2D eigenvalue weighted by atomic mass is 10.0. The van der Waals surface area contributed by atoms with E-state index < -0.39 is 0 Å². The first kappa shape index (κ1) is 20.4. The van der Waals surface area contributed by atoms with Gasteiger partial charge in [-0.25, -0.2) is 4.98 Å². The highest BCUT2D eigenvalue weighted by atomic mass is 35.5. The van der Waals surface area contributed by atoms with Crippen LogP contribution in [-0.4, -0.2) is 46.3 Å². The molecule has 0 N–H and O–H groups in total. The summed E-state index contributed by atoms with van der Waals surface area (Å²) in [5.41, 5.74) is 5.35. The lowest BCUT2D eigenvalue weighted by Crippen LogP contribution is -2.34. The van der Waals surface area contributed by atoms with Gasteiger partial charge in [0.25, 0.3) is 5.89 Å². The highest BCUT2D eigenvalue weighted by molar-refractivity contribution is 6.31. The van der Waals surface area contributed by atoms with Crippen molar-refractivity contribution < 1.29 is 9.32 Å². The monoisotopic (exact) mass is 451 g/mol. The fraction of sp³-hybridized carbons (Fsp3) is 0.318. The first-order chi connectivity index (χ1) is 15.3. The number of halogens is 1. The van der Waals surface area contributed by atoms with E-state index in [9.17, 15) is 4.79 Å². The molecule has 1 aliphatic heterocycles. The van der Waals surface area contributed by atoms with Crippen LogP contribution in [0, 0.1) is 0 Å². The average Bonchev–Trinajstić information content (AvgIpc) is 3.43. The molecule has 5 rings (SSSR count). The molecule has 164 valence electrons. The second kappa shape index (κ2) is 7.59. The van der Waals surface area contributed by atoms with Gasteiger partial charge >= 0.3 is 0 Å². The Morgan fingerprint density at radius 1 is 1.31 bits per heavy atom. The van der Waals surface area contributed by atoms with Crippen LogP contribution in [0.3, 0.4) is 0 Å². The molecule has 0 aliphatic carbocycles. The molecule has 1 aromatic carbocycles. The summed E-state index contributed by atoms with van der Waals surface area (Å²) in [6, 6.07) is 5.77. The number of fused-ring (bicyclic) bond motifs is 5. The zero-order valence-corrected chi connectivity index (χ0v) is 19.0. The number of amides is 1. The van der Waals surface area contributed by atoms with Gasteiger partial charge in [0, 0.05) is 48.8 Å². The van der Waals surface area contributed by atoms with Gasteiger partial charge in [0.15, 0.2) is 11.5 Å². The Morgan fingerprint density at radius 2 is 2.12 bits per heavy atom. The highest BCUT2D eigenvalue weighted by Crippen LogP contribution is 2.38. The minimum absolute atomic E-state index is 0.0330. The fourth-order valence-electron chi connectivity index (χ4n) is 4.14. The molecular weight excluding hydrogens is 430 g/mol. The van der Waals surface area contributed by atoms with Crippen molar-refractivity contribution in [3.63, 3.8) is 0 Å². The second-order valence-corrected chi connectivity index (χ2v) is 8.62. The molecule has 0 unspecified atom stereocenters. The van der Waals surface area contributed by atoms with Crippen LogP contribution in [0.4, 0.5) is 0 Å². The third-order valence-corrected chi connectivity index (χ3v) is 5.85. The summed E-state index contributed by atoms with van der Waals surface area (Å²) in [5, 5.41) is 9.40. The van der Waals surface area contributed by atoms with Crippen LogP contribution < -0.4 is 0 Å². The van der Waals surface area contributed by atoms with Crippen molar-refractivity contribution in [3.8, 4) is 28.5 Å². The standard InChI is InChI=1S/C22H22ClN7O2/c1-12(2)29(13(3)31)10-19-25-22(32-27-19)21-18-7-14-9-28(4)26-20(14)16-8-15(23)5-6-17(16)30(18)11-24-21/h5-6,8-9,11-12H,7,10H2,1-4H3. The Kier molecular flexibility index (Phi) is 4.85. The van der Waals surface area contributed by atoms with Crippen LogP contribution in [0.15, 0.2) is 35.2 Å². The van der Waals surface area contributed by atoms with Gasteiger partial charge < -0.3 is 14.0 Å². The summed E-state index contributed by atoms with van der Waals surface area (Å²) in [6.45, 7) is 5.71. The smallest absolute Gasteiger partial charge is 0.278 e. The number of nitrogens with zero attached hydrogens (tertiary/aromatic N) is 7. The molecule has 0 spiro atoms. The molecule has 0 bridgehead atoms. The van der Waals surface area contributed by atoms with Gasteiger partial charge in [0.05, 0.1) is 23.6 Å². The van der Waals surface area contributed by atoms with Crippen molar-refractivity contribution in [1.29, 1.82) is 0 Å². The van der Waals surface area contributed by atoms with E-state index >= 15 is 0 Å². The quantitative estimate of drug-likeness (QED) is 0.414. The minimum Gasteiger partial charge on any atom is -0.333 e. The molecule has 0 saturated carbocycles. The summed E-state index contributed by atoms with van der Waals surface area (Å²) in [7, 11) is 1.90. The molecule has 0 radical (unpaired) electrons. The van der Waals surface area contributed by atoms with E-state index in [0.717, 1.165) is 28.2 Å². The molecule has 0 atom stereocenters. The molecule has 4 aromatic rings. The number of hydrogen-bond donors (Lipinski definition) is 0. The highest BCUT2D eigenvalue weighted by Gasteiger charge is 2.27. The lowest BCUT2D eigenvalue weighted by molar-refractivity contribution is -0.131. The second-order valence-electron chi connectivity index (χ2n) is 8.18. The molecule has 1 aliphatic rings. The molecular formula is C22H22ClN7O2. The van der Waals surface area contributed by atoms with Gasteiger partial charge in [-0.3, -0.25) is 9.48 Å². The van der Waals surface area contributed by atoms with Crippen molar-refractivity contribution in [3.05, 3.63) is 52.8 Å². The third kappa shape index (κ3) is 3.38. The van der Waals surface area contributed by atoms with Crippen molar-refractivity contribution in [1.82, 2.24) is 34.4 Å². The largest absolute Gasteiger partial charge is 0.333 e. The molecule has 4 heterocycles. The van der Waals surface area contributed by atoms with Gasteiger partial charge in [0.1, 0.15) is 6.33 Å². The Morgan fingerprint density at radius 3 is 2.88 bits per heavy atom. The van der Waals surface area contributed by atoms with E-state index in [0.29, 0.717) is 28.9 Å². The number of imidazole rings is 1. The lowest BCUT2D eigenvalue weighted by Gasteiger charge is -2.23. The number of aryl methyl sites for hydroxylation is 1. The van der Waals surface area contributed by atoms with Crippen LogP contribution in [0.2, 0.25) is 5.02 Å². The number of hydrogen-bond acceptors (Lipinski definition) is 6. The Labute approximate surface area is 189 Å². The zero-order valence-electron chi connectivity index (χ0n) is 18.2. The molecule has 1 amide bonds. The third-order valence-electron chi connectivity index (χ3n) is 5.61. The Hall–Kier alpha value is -3.46. The fourth-order valence-corrected chi connectivity index (χ4v) is 4.31. The van der Waals surface area contributed by atoms with Crippen LogP contribution in [0.5, 0.6) is 0 Å². The first-order valence-corrected chi connectivity index (χ1v) is 10.7. The van der Waals surface area contributed by atoms with E-state index in [1.54, 1.807) is 15.9 Å². The van der Waals surface area contributed by atoms with Crippen molar-refractivity contribution >= 4 is 17.5 Å². The van der Waals surface area contributed by atoms with Crippen molar-refractivity contribution in [2.24, 2.45) is 7.05 Å². The normalized spacial score (nSPS) is 12.3. The van der Waals surface area contributed by atoms with Crippen LogP contribution in [0.1, 0.15) is 37.9 Å². The molecule has 9 nitrogen and oxygen atoms in total. The molecule has 3 aromatic heterocycles. The minimum atomic E-state index is -0.0402. The summed E-state index contributed by atoms with van der Waals surface area (Å²) >= 11 is 6.30. The summed E-state index contributed by atoms with van der Waals surface area (Å²) in [5.74, 6) is 0.721. The molecule has 0 saturated heterocycles. The predicted octanol–water partition coefficient (Wildman–Crippen LogP) is 3.64. The van der Waals surface area contributed by atoms with E-state index in [1.165, 1.54) is 6.92 Å². The van der Waals surface area contributed by atoms with E-state index in [2.05, 4.69) is 20.2 Å². The first-order valence-electron chi connectivity index (χ1n) is 10.3. The van der Waals surface area contributed by atoms with E-state index in [1.807, 2.05) is 49.9 Å². The van der Waals surface area contributed by atoms with Crippen LogP contribution in [-0.2, 0) is 24.8 Å². The maximum Gasteiger partial charge on any atom is 0.278 e. The van der Waals surface area contributed by atoms with Gasteiger partial charge in [-0.2, -0.15) is 10.1 Å². The van der Waals surface area contributed by atoms with Crippen molar-refractivity contribution in [2.45, 2.75) is 39.8 Å².